The second kappa shape index (κ2) is 1.80. The molecule has 0 amide bonds. The van der Waals surface area contributed by atoms with Gasteiger partial charge in [-0.2, -0.15) is 0 Å². The van der Waals surface area contributed by atoms with Crippen LogP contribution in [0.3, 0.4) is 0 Å². The Hall–Kier alpha value is -0.0800. The zero-order chi connectivity index (χ0) is 5.28. The molecule has 42 valence electrons. The standard InChI is InChI=1S/C5H12N2/c1-7-3-2-5(7)4-6/h5H,2-4,6H2,1H3/t5-/m1/s1. The van der Waals surface area contributed by atoms with Gasteiger partial charge in [0.15, 0.2) is 0 Å². The minimum absolute atomic E-state index is 0.694. The summed E-state index contributed by atoms with van der Waals surface area (Å²) < 4.78 is 0. The average molecular weight is 100 g/mol. The molecule has 1 rings (SSSR count). The first kappa shape index (κ1) is 5.06. The van der Waals surface area contributed by atoms with Crippen LogP contribution in [-0.2, 0) is 0 Å². The third-order valence-corrected chi connectivity index (χ3v) is 1.71. The molecule has 1 aliphatic heterocycles. The monoisotopic (exact) mass is 100 g/mol. The van der Waals surface area contributed by atoms with Crippen LogP contribution < -0.4 is 5.73 Å². The molecule has 2 N–H and O–H groups in total. The minimum Gasteiger partial charge on any atom is -0.329 e. The second-order valence-electron chi connectivity index (χ2n) is 2.16. The predicted molar refractivity (Wildman–Crippen MR) is 30.1 cm³/mol. The molecule has 0 radical (unpaired) electrons. The van der Waals surface area contributed by atoms with E-state index in [0.29, 0.717) is 6.04 Å². The van der Waals surface area contributed by atoms with Crippen molar-refractivity contribution in [2.24, 2.45) is 5.73 Å². The van der Waals surface area contributed by atoms with Crippen molar-refractivity contribution >= 4 is 0 Å². The summed E-state index contributed by atoms with van der Waals surface area (Å²) in [4.78, 5) is 2.28. The van der Waals surface area contributed by atoms with E-state index >= 15 is 0 Å². The average Bonchev–Trinajstić information content (AvgIpc) is 1.65. The van der Waals surface area contributed by atoms with Crippen LogP contribution in [0.5, 0.6) is 0 Å². The first-order chi connectivity index (χ1) is 3.34. The van der Waals surface area contributed by atoms with Gasteiger partial charge in [0.05, 0.1) is 0 Å². The van der Waals surface area contributed by atoms with Gasteiger partial charge in [-0.25, -0.2) is 0 Å². The molecule has 0 bridgehead atoms. The molecule has 0 spiro atoms. The van der Waals surface area contributed by atoms with Crippen molar-refractivity contribution in [3.8, 4) is 0 Å². The number of hydrogen-bond donors (Lipinski definition) is 1. The molecule has 2 heteroatoms. The fourth-order valence-electron chi connectivity index (χ4n) is 0.868. The largest absolute Gasteiger partial charge is 0.329 e. The van der Waals surface area contributed by atoms with Gasteiger partial charge in [-0.3, -0.25) is 0 Å². The molecular formula is C5H12N2. The van der Waals surface area contributed by atoms with Crippen LogP contribution in [-0.4, -0.2) is 31.1 Å². The lowest BCUT2D eigenvalue weighted by molar-refractivity contribution is 0.133. The molecule has 1 aliphatic rings. The summed E-state index contributed by atoms with van der Waals surface area (Å²) in [7, 11) is 2.11. The zero-order valence-corrected chi connectivity index (χ0v) is 4.72. The molecule has 0 aromatic carbocycles. The highest BCUT2D eigenvalue weighted by atomic mass is 15.2. The van der Waals surface area contributed by atoms with Crippen molar-refractivity contribution in [2.45, 2.75) is 12.5 Å². The van der Waals surface area contributed by atoms with Crippen LogP contribution in [0.4, 0.5) is 0 Å². The van der Waals surface area contributed by atoms with Gasteiger partial charge in [0.25, 0.3) is 0 Å². The third-order valence-electron chi connectivity index (χ3n) is 1.71. The van der Waals surface area contributed by atoms with Gasteiger partial charge < -0.3 is 10.6 Å². The molecule has 0 aliphatic carbocycles. The highest BCUT2D eigenvalue weighted by Gasteiger charge is 2.21. The SMILES string of the molecule is CN1CC[C@@H]1CN. The van der Waals surface area contributed by atoms with Crippen molar-refractivity contribution in [3.63, 3.8) is 0 Å². The van der Waals surface area contributed by atoms with E-state index < -0.39 is 0 Å². The number of likely N-dealkylation sites (tertiary alicyclic amines) is 1. The second-order valence-corrected chi connectivity index (χ2v) is 2.16. The Morgan fingerprint density at radius 3 is 2.57 bits per heavy atom. The molecule has 0 saturated carbocycles. The Bertz CT molecular complexity index is 61.1. The summed E-state index contributed by atoms with van der Waals surface area (Å²) >= 11 is 0. The van der Waals surface area contributed by atoms with Crippen LogP contribution in [0.15, 0.2) is 0 Å². The smallest absolute Gasteiger partial charge is 0.0227 e. The number of likely N-dealkylation sites (N-methyl/N-ethyl adjacent to an activating group) is 1. The van der Waals surface area contributed by atoms with E-state index in [1.54, 1.807) is 0 Å². The maximum absolute atomic E-state index is 5.38. The van der Waals surface area contributed by atoms with Gasteiger partial charge in [0.1, 0.15) is 0 Å². The van der Waals surface area contributed by atoms with Crippen molar-refractivity contribution in [2.75, 3.05) is 20.1 Å². The molecule has 7 heavy (non-hydrogen) atoms. The molecule has 1 fully saturated rings. The fraction of sp³-hybridized carbons (Fsp3) is 1.00. The van der Waals surface area contributed by atoms with Gasteiger partial charge in [-0.05, 0) is 20.0 Å². The first-order valence-corrected chi connectivity index (χ1v) is 2.75. The van der Waals surface area contributed by atoms with E-state index in [4.69, 9.17) is 5.73 Å². The van der Waals surface area contributed by atoms with Crippen molar-refractivity contribution in [1.82, 2.24) is 4.90 Å². The third kappa shape index (κ3) is 0.763. The Labute approximate surface area is 44.3 Å². The molecular weight excluding hydrogens is 88.1 g/mol. The lowest BCUT2D eigenvalue weighted by Gasteiger charge is -2.36. The molecule has 2 nitrogen and oxygen atoms in total. The summed E-state index contributed by atoms with van der Waals surface area (Å²) in [6.07, 6.45) is 1.30. The van der Waals surface area contributed by atoms with Crippen LogP contribution in [0.2, 0.25) is 0 Å². The zero-order valence-electron chi connectivity index (χ0n) is 4.72. The summed E-state index contributed by atoms with van der Waals surface area (Å²) in [6.45, 7) is 2.07. The maximum Gasteiger partial charge on any atom is 0.0227 e. The van der Waals surface area contributed by atoms with Gasteiger partial charge in [0, 0.05) is 12.6 Å². The first-order valence-electron chi connectivity index (χ1n) is 2.75. The molecule has 0 unspecified atom stereocenters. The van der Waals surface area contributed by atoms with Gasteiger partial charge in [0.2, 0.25) is 0 Å². The Morgan fingerprint density at radius 2 is 2.57 bits per heavy atom. The van der Waals surface area contributed by atoms with E-state index in [-0.39, 0.29) is 0 Å². The van der Waals surface area contributed by atoms with E-state index in [0.717, 1.165) is 6.54 Å². The van der Waals surface area contributed by atoms with E-state index in [1.165, 1.54) is 13.0 Å². The number of nitrogens with zero attached hydrogens (tertiary/aromatic N) is 1. The molecule has 0 aromatic rings. The van der Waals surface area contributed by atoms with E-state index in [1.807, 2.05) is 0 Å². The van der Waals surface area contributed by atoms with Crippen LogP contribution in [0, 0.1) is 0 Å². The fourth-order valence-corrected chi connectivity index (χ4v) is 0.868. The highest BCUT2D eigenvalue weighted by molar-refractivity contribution is 4.79. The van der Waals surface area contributed by atoms with E-state index in [9.17, 15) is 0 Å². The Morgan fingerprint density at radius 1 is 1.86 bits per heavy atom. The number of hydrogen-bond acceptors (Lipinski definition) is 2. The number of rotatable bonds is 1. The van der Waals surface area contributed by atoms with Crippen molar-refractivity contribution < 1.29 is 0 Å². The van der Waals surface area contributed by atoms with Crippen molar-refractivity contribution in [3.05, 3.63) is 0 Å². The summed E-state index contributed by atoms with van der Waals surface area (Å²) in [6, 6.07) is 0.694. The maximum atomic E-state index is 5.38. The highest BCUT2D eigenvalue weighted by Crippen LogP contribution is 2.11. The normalized spacial score (nSPS) is 32.6. The molecule has 1 saturated heterocycles. The van der Waals surface area contributed by atoms with Crippen LogP contribution >= 0.6 is 0 Å². The van der Waals surface area contributed by atoms with E-state index in [2.05, 4.69) is 11.9 Å². The quantitative estimate of drug-likeness (QED) is 0.488. The lowest BCUT2D eigenvalue weighted by Crippen LogP contribution is -2.48. The van der Waals surface area contributed by atoms with Gasteiger partial charge in [-0.1, -0.05) is 0 Å². The summed E-state index contributed by atoms with van der Waals surface area (Å²) in [5.74, 6) is 0. The van der Waals surface area contributed by atoms with Crippen molar-refractivity contribution in [1.29, 1.82) is 0 Å². The molecule has 1 heterocycles. The topological polar surface area (TPSA) is 29.3 Å². The van der Waals surface area contributed by atoms with Crippen LogP contribution in [0.1, 0.15) is 6.42 Å². The minimum atomic E-state index is 0.694. The van der Waals surface area contributed by atoms with Gasteiger partial charge in [-0.15, -0.1) is 0 Å². The summed E-state index contributed by atoms with van der Waals surface area (Å²) in [5, 5.41) is 0. The van der Waals surface area contributed by atoms with Crippen LogP contribution in [0.25, 0.3) is 0 Å². The lowest BCUT2D eigenvalue weighted by atomic mass is 10.1. The molecule has 1 atom stereocenters. The predicted octanol–water partition coefficient (Wildman–Crippen LogP) is -0.351. The Kier molecular flexibility index (Phi) is 1.30. The Balaban J connectivity index is 2.16. The summed E-state index contributed by atoms with van der Waals surface area (Å²) in [5.41, 5.74) is 5.38. The number of nitrogens with two attached hydrogens (primary N) is 1. The molecule has 0 aromatic heterocycles. The van der Waals surface area contributed by atoms with Gasteiger partial charge >= 0.3 is 0 Å².